The molecule has 7 heteroatoms. The summed E-state index contributed by atoms with van der Waals surface area (Å²) in [6.07, 6.45) is 1.70. The maximum atomic E-state index is 6.39. The summed E-state index contributed by atoms with van der Waals surface area (Å²) >= 11 is 7.80. The van der Waals surface area contributed by atoms with Crippen molar-refractivity contribution in [2.45, 2.75) is 52.1 Å². The fraction of sp³-hybridized carbons (Fsp3) is 0.643. The molecule has 1 atom stereocenters. The van der Waals surface area contributed by atoms with Crippen molar-refractivity contribution in [3.63, 3.8) is 0 Å². The Morgan fingerprint density at radius 3 is 2.52 bits per heavy atom. The molecule has 2 rings (SSSR count). The van der Waals surface area contributed by atoms with Gasteiger partial charge in [0.2, 0.25) is 0 Å². The Morgan fingerprint density at radius 2 is 2.00 bits per heavy atom. The van der Waals surface area contributed by atoms with Crippen molar-refractivity contribution in [3.8, 4) is 0 Å². The third-order valence-electron chi connectivity index (χ3n) is 3.32. The van der Waals surface area contributed by atoms with Crippen molar-refractivity contribution in [2.75, 3.05) is 7.05 Å². The van der Waals surface area contributed by atoms with E-state index >= 15 is 0 Å². The number of rotatable bonds is 4. The first kappa shape index (κ1) is 16.4. The highest BCUT2D eigenvalue weighted by Gasteiger charge is 2.31. The summed E-state index contributed by atoms with van der Waals surface area (Å²) < 4.78 is 6.10. The van der Waals surface area contributed by atoms with Gasteiger partial charge in [0.15, 0.2) is 0 Å². The van der Waals surface area contributed by atoms with Crippen LogP contribution in [0.25, 0.3) is 0 Å². The number of nitrogens with zero attached hydrogens (tertiary/aromatic N) is 4. The molecule has 0 aliphatic carbocycles. The highest BCUT2D eigenvalue weighted by molar-refractivity contribution is 7.05. The molecule has 0 aliphatic rings. The van der Waals surface area contributed by atoms with E-state index < -0.39 is 0 Å². The Morgan fingerprint density at radius 1 is 1.33 bits per heavy atom. The predicted molar refractivity (Wildman–Crippen MR) is 87.1 cm³/mol. The largest absolute Gasteiger partial charge is 0.307 e. The first-order valence-corrected chi connectivity index (χ1v) is 8.15. The van der Waals surface area contributed by atoms with Crippen LogP contribution in [0.4, 0.5) is 0 Å². The van der Waals surface area contributed by atoms with Gasteiger partial charge in [0, 0.05) is 11.5 Å². The average molecular weight is 328 g/mol. The van der Waals surface area contributed by atoms with Crippen LogP contribution in [-0.4, -0.2) is 26.4 Å². The van der Waals surface area contributed by atoms with Gasteiger partial charge in [-0.3, -0.25) is 4.68 Å². The molecule has 0 amide bonds. The first-order valence-electron chi connectivity index (χ1n) is 7.00. The Bertz CT molecular complexity index is 611. The molecule has 0 fully saturated rings. The van der Waals surface area contributed by atoms with Gasteiger partial charge in [0.1, 0.15) is 0 Å². The second kappa shape index (κ2) is 6.02. The molecule has 2 heterocycles. The summed E-state index contributed by atoms with van der Waals surface area (Å²) in [5.74, 6) is 0. The quantitative estimate of drug-likeness (QED) is 0.932. The lowest BCUT2D eigenvalue weighted by atomic mass is 9.89. The zero-order valence-corrected chi connectivity index (χ0v) is 14.9. The second-order valence-corrected chi connectivity index (χ2v) is 7.57. The van der Waals surface area contributed by atoms with Gasteiger partial charge >= 0.3 is 0 Å². The maximum absolute atomic E-state index is 6.39. The van der Waals surface area contributed by atoms with Gasteiger partial charge in [0.05, 0.1) is 33.5 Å². The fourth-order valence-electron chi connectivity index (χ4n) is 2.33. The van der Waals surface area contributed by atoms with Crippen molar-refractivity contribution in [1.29, 1.82) is 0 Å². The van der Waals surface area contributed by atoms with Crippen LogP contribution < -0.4 is 5.32 Å². The van der Waals surface area contributed by atoms with Crippen molar-refractivity contribution in [2.24, 2.45) is 0 Å². The topological polar surface area (TPSA) is 55.6 Å². The summed E-state index contributed by atoms with van der Waals surface area (Å²) in [7, 11) is 1.92. The third-order valence-corrected chi connectivity index (χ3v) is 4.40. The summed E-state index contributed by atoms with van der Waals surface area (Å²) in [5.41, 5.74) is 1.90. The van der Waals surface area contributed by atoms with Crippen LogP contribution in [0, 0.1) is 0 Å². The lowest BCUT2D eigenvalue weighted by Gasteiger charge is -2.23. The minimum absolute atomic E-state index is 0.0587. The van der Waals surface area contributed by atoms with Gasteiger partial charge in [0.25, 0.3) is 0 Å². The number of hydrogen-bond donors (Lipinski definition) is 1. The summed E-state index contributed by atoms with van der Waals surface area (Å²) in [6, 6.07) is 0.180. The van der Waals surface area contributed by atoms with Gasteiger partial charge in [-0.15, -0.1) is 5.10 Å². The highest BCUT2D eigenvalue weighted by atomic mass is 35.5. The minimum Gasteiger partial charge on any atom is -0.307 e. The minimum atomic E-state index is -0.0629. The van der Waals surface area contributed by atoms with E-state index in [1.54, 1.807) is 6.20 Å². The van der Waals surface area contributed by atoms with Crippen LogP contribution in [0.15, 0.2) is 6.20 Å². The molecule has 2 aromatic rings. The van der Waals surface area contributed by atoms with E-state index in [-0.39, 0.29) is 17.5 Å². The van der Waals surface area contributed by atoms with Gasteiger partial charge in [-0.25, -0.2) is 0 Å². The molecular formula is C14H22ClN5S. The van der Waals surface area contributed by atoms with Crippen LogP contribution in [0.1, 0.15) is 63.0 Å². The molecule has 1 unspecified atom stereocenters. The van der Waals surface area contributed by atoms with Crippen molar-refractivity contribution < 1.29 is 0 Å². The summed E-state index contributed by atoms with van der Waals surface area (Å²) in [5, 5.41) is 12.7. The zero-order valence-electron chi connectivity index (χ0n) is 13.3. The molecular weight excluding hydrogens is 306 g/mol. The molecule has 0 aliphatic heterocycles. The smallest absolute Gasteiger partial charge is 0.0890 e. The van der Waals surface area contributed by atoms with E-state index in [9.17, 15) is 0 Å². The zero-order chi connectivity index (χ0) is 15.8. The van der Waals surface area contributed by atoms with E-state index in [2.05, 4.69) is 54.6 Å². The van der Waals surface area contributed by atoms with E-state index in [1.807, 2.05) is 11.7 Å². The first-order chi connectivity index (χ1) is 9.77. The Kier molecular flexibility index (Phi) is 4.70. The average Bonchev–Trinajstić information content (AvgIpc) is 2.98. The highest BCUT2D eigenvalue weighted by Crippen LogP contribution is 2.36. The van der Waals surface area contributed by atoms with Crippen molar-refractivity contribution in [3.05, 3.63) is 27.5 Å². The number of hydrogen-bond acceptors (Lipinski definition) is 5. The predicted octanol–water partition coefficient (Wildman–Crippen LogP) is 3.58. The fourth-order valence-corrected chi connectivity index (χ4v) is 3.55. The molecule has 2 aromatic heterocycles. The maximum Gasteiger partial charge on any atom is 0.0890 e. The van der Waals surface area contributed by atoms with Crippen LogP contribution in [0.5, 0.6) is 0 Å². The lowest BCUT2D eigenvalue weighted by molar-refractivity contribution is 0.480. The van der Waals surface area contributed by atoms with Crippen LogP contribution in [-0.2, 0) is 5.41 Å². The number of aromatic nitrogens is 4. The number of nitrogens with one attached hydrogen (secondary N) is 1. The Labute approximate surface area is 134 Å². The van der Waals surface area contributed by atoms with E-state index in [4.69, 9.17) is 11.6 Å². The molecule has 0 bridgehead atoms. The van der Waals surface area contributed by atoms with Crippen LogP contribution in [0.3, 0.4) is 0 Å². The molecule has 0 saturated carbocycles. The third kappa shape index (κ3) is 3.12. The molecule has 1 N–H and O–H groups in total. The standard InChI is InChI=1S/C14H22ClN5S/c1-8(2)20-11(9(15)7-17-20)10(16-6)12-13(14(3,4)5)18-19-21-12/h7-8,10,16H,1-6H3. The normalized spacial score (nSPS) is 13.9. The number of halogens is 1. The lowest BCUT2D eigenvalue weighted by Crippen LogP contribution is -2.25. The molecule has 0 saturated heterocycles. The van der Waals surface area contributed by atoms with Gasteiger partial charge < -0.3 is 5.32 Å². The van der Waals surface area contributed by atoms with Gasteiger partial charge in [-0.2, -0.15) is 5.10 Å². The molecule has 0 spiro atoms. The van der Waals surface area contributed by atoms with E-state index in [0.29, 0.717) is 5.02 Å². The van der Waals surface area contributed by atoms with Crippen molar-refractivity contribution in [1.82, 2.24) is 24.7 Å². The van der Waals surface area contributed by atoms with Crippen LogP contribution >= 0.6 is 23.1 Å². The Hall–Kier alpha value is -0.980. The van der Waals surface area contributed by atoms with Gasteiger partial charge in [-0.05, 0) is 32.4 Å². The molecule has 116 valence electrons. The molecule has 21 heavy (non-hydrogen) atoms. The van der Waals surface area contributed by atoms with E-state index in [1.165, 1.54) is 11.5 Å². The SMILES string of the molecule is CNC(c1snnc1C(C)(C)C)c1c(Cl)cnn1C(C)C. The summed E-state index contributed by atoms with van der Waals surface area (Å²) in [4.78, 5) is 1.09. The molecule has 0 aromatic carbocycles. The van der Waals surface area contributed by atoms with Gasteiger partial charge in [-0.1, -0.05) is 36.9 Å². The monoisotopic (exact) mass is 327 g/mol. The summed E-state index contributed by atoms with van der Waals surface area (Å²) in [6.45, 7) is 10.6. The molecule has 0 radical (unpaired) electrons. The van der Waals surface area contributed by atoms with Crippen LogP contribution in [0.2, 0.25) is 5.02 Å². The Balaban J connectivity index is 2.56. The second-order valence-electron chi connectivity index (χ2n) is 6.37. The van der Waals surface area contributed by atoms with E-state index in [0.717, 1.165) is 16.3 Å². The molecule has 5 nitrogen and oxygen atoms in total. The van der Waals surface area contributed by atoms with Crippen molar-refractivity contribution >= 4 is 23.1 Å².